The minimum absolute atomic E-state index is 0.327. The number of hydrogen-bond donors (Lipinski definition) is 2. The van der Waals surface area contributed by atoms with Gasteiger partial charge in [-0.2, -0.15) is 0 Å². The van der Waals surface area contributed by atoms with Crippen LogP contribution >= 0.6 is 0 Å². The van der Waals surface area contributed by atoms with Gasteiger partial charge in [-0.05, 0) is 35.4 Å². The summed E-state index contributed by atoms with van der Waals surface area (Å²) in [6.45, 7) is -0.327. The third-order valence-electron chi connectivity index (χ3n) is 3.12. The molecule has 4 nitrogen and oxygen atoms in total. The van der Waals surface area contributed by atoms with Gasteiger partial charge in [0.25, 0.3) is 0 Å². The Kier molecular flexibility index (Phi) is 3.13. The standard InChI is InChI=1S/C16H13NO3/c18-16(19)10-20-12-6-4-11(5-7-12)13-2-1-3-15-14(13)8-9-17-15/h1-9,17H,10H2,(H,18,19). The van der Waals surface area contributed by atoms with E-state index in [9.17, 15) is 4.79 Å². The predicted molar refractivity (Wildman–Crippen MR) is 76.9 cm³/mol. The van der Waals surface area contributed by atoms with Crippen LogP contribution in [0.5, 0.6) is 5.75 Å². The number of fused-ring (bicyclic) bond motifs is 1. The Morgan fingerprint density at radius 3 is 2.65 bits per heavy atom. The van der Waals surface area contributed by atoms with Gasteiger partial charge in [0, 0.05) is 17.1 Å². The summed E-state index contributed by atoms with van der Waals surface area (Å²) < 4.78 is 5.13. The molecule has 0 saturated carbocycles. The number of carbonyl (C=O) groups is 1. The van der Waals surface area contributed by atoms with Gasteiger partial charge in [0.15, 0.2) is 6.61 Å². The second-order valence-corrected chi connectivity index (χ2v) is 4.45. The van der Waals surface area contributed by atoms with Gasteiger partial charge in [-0.15, -0.1) is 0 Å². The predicted octanol–water partition coefficient (Wildman–Crippen LogP) is 3.30. The van der Waals surface area contributed by atoms with Crippen molar-refractivity contribution in [1.29, 1.82) is 0 Å². The number of aliphatic carboxylic acids is 1. The Balaban J connectivity index is 1.91. The lowest BCUT2D eigenvalue weighted by Crippen LogP contribution is -2.09. The van der Waals surface area contributed by atoms with Crippen molar-refractivity contribution in [3.63, 3.8) is 0 Å². The molecular formula is C16H13NO3. The average Bonchev–Trinajstić information content (AvgIpc) is 2.94. The fourth-order valence-corrected chi connectivity index (χ4v) is 2.21. The summed E-state index contributed by atoms with van der Waals surface area (Å²) in [6.07, 6.45) is 1.92. The van der Waals surface area contributed by atoms with Gasteiger partial charge in [0.05, 0.1) is 0 Å². The summed E-state index contributed by atoms with van der Waals surface area (Å²) >= 11 is 0. The Labute approximate surface area is 115 Å². The van der Waals surface area contributed by atoms with Crippen molar-refractivity contribution in [3.8, 4) is 16.9 Å². The molecule has 2 N–H and O–H groups in total. The van der Waals surface area contributed by atoms with Gasteiger partial charge in [-0.3, -0.25) is 0 Å². The van der Waals surface area contributed by atoms with Crippen molar-refractivity contribution in [2.45, 2.75) is 0 Å². The number of rotatable bonds is 4. The molecule has 0 saturated heterocycles. The van der Waals surface area contributed by atoms with Gasteiger partial charge in [0.2, 0.25) is 0 Å². The fraction of sp³-hybridized carbons (Fsp3) is 0.0625. The molecule has 0 aliphatic carbocycles. The van der Waals surface area contributed by atoms with Gasteiger partial charge >= 0.3 is 5.97 Å². The smallest absolute Gasteiger partial charge is 0.341 e. The summed E-state index contributed by atoms with van der Waals surface area (Å²) in [4.78, 5) is 13.6. The molecule has 4 heteroatoms. The van der Waals surface area contributed by atoms with Crippen molar-refractivity contribution >= 4 is 16.9 Å². The molecular weight excluding hydrogens is 254 g/mol. The van der Waals surface area contributed by atoms with E-state index in [1.165, 1.54) is 0 Å². The molecule has 1 aromatic heterocycles. The zero-order chi connectivity index (χ0) is 13.9. The summed E-state index contributed by atoms with van der Waals surface area (Å²) in [5.41, 5.74) is 3.29. The second-order valence-electron chi connectivity index (χ2n) is 4.45. The molecule has 20 heavy (non-hydrogen) atoms. The van der Waals surface area contributed by atoms with Crippen LogP contribution in [-0.2, 0) is 4.79 Å². The maximum Gasteiger partial charge on any atom is 0.341 e. The lowest BCUT2D eigenvalue weighted by atomic mass is 10.0. The Bertz CT molecular complexity index is 744. The summed E-state index contributed by atoms with van der Waals surface area (Å²) in [7, 11) is 0. The first kappa shape index (κ1) is 12.3. The molecule has 3 aromatic rings. The molecule has 0 radical (unpaired) electrons. The normalized spacial score (nSPS) is 10.6. The van der Waals surface area contributed by atoms with Crippen molar-refractivity contribution < 1.29 is 14.6 Å². The number of ether oxygens (including phenoxy) is 1. The zero-order valence-corrected chi connectivity index (χ0v) is 10.7. The maximum absolute atomic E-state index is 10.4. The lowest BCUT2D eigenvalue weighted by Gasteiger charge is -2.06. The van der Waals surface area contributed by atoms with E-state index in [1.54, 1.807) is 12.1 Å². The first-order chi connectivity index (χ1) is 9.74. The highest BCUT2D eigenvalue weighted by molar-refractivity contribution is 5.95. The van der Waals surface area contributed by atoms with Crippen LogP contribution in [0, 0.1) is 0 Å². The highest BCUT2D eigenvalue weighted by Crippen LogP contribution is 2.29. The van der Waals surface area contributed by atoms with Crippen molar-refractivity contribution in [2.75, 3.05) is 6.61 Å². The fourth-order valence-electron chi connectivity index (χ4n) is 2.21. The summed E-state index contributed by atoms with van der Waals surface area (Å²) in [6, 6.07) is 15.6. The maximum atomic E-state index is 10.4. The molecule has 0 bridgehead atoms. The molecule has 3 rings (SSSR count). The van der Waals surface area contributed by atoms with Crippen LogP contribution in [0.3, 0.4) is 0 Å². The SMILES string of the molecule is O=C(O)COc1ccc(-c2cccc3[nH]ccc23)cc1. The summed E-state index contributed by atoms with van der Waals surface area (Å²) in [5.74, 6) is -0.427. The van der Waals surface area contributed by atoms with E-state index < -0.39 is 5.97 Å². The second kappa shape index (κ2) is 5.09. The monoisotopic (exact) mass is 267 g/mol. The molecule has 0 amide bonds. The largest absolute Gasteiger partial charge is 0.482 e. The minimum Gasteiger partial charge on any atom is -0.482 e. The molecule has 2 aromatic carbocycles. The van der Waals surface area contributed by atoms with Crippen LogP contribution in [0.4, 0.5) is 0 Å². The molecule has 0 aliphatic heterocycles. The topological polar surface area (TPSA) is 62.3 Å². The van der Waals surface area contributed by atoms with E-state index in [2.05, 4.69) is 11.1 Å². The number of aromatic nitrogens is 1. The molecule has 0 spiro atoms. The molecule has 1 heterocycles. The van der Waals surface area contributed by atoms with Crippen molar-refractivity contribution in [2.24, 2.45) is 0 Å². The van der Waals surface area contributed by atoms with Gasteiger partial charge in [-0.25, -0.2) is 4.79 Å². The third kappa shape index (κ3) is 2.36. The molecule has 100 valence electrons. The third-order valence-corrected chi connectivity index (χ3v) is 3.12. The number of nitrogens with one attached hydrogen (secondary N) is 1. The Hall–Kier alpha value is -2.75. The van der Waals surface area contributed by atoms with E-state index in [-0.39, 0.29) is 6.61 Å². The molecule has 0 atom stereocenters. The van der Waals surface area contributed by atoms with E-state index >= 15 is 0 Å². The molecule has 0 unspecified atom stereocenters. The molecule has 0 aliphatic rings. The minimum atomic E-state index is -0.980. The van der Waals surface area contributed by atoms with Gasteiger partial charge in [0.1, 0.15) is 5.75 Å². The van der Waals surface area contributed by atoms with Gasteiger partial charge in [-0.1, -0.05) is 24.3 Å². The number of hydrogen-bond acceptors (Lipinski definition) is 2. The highest BCUT2D eigenvalue weighted by atomic mass is 16.5. The lowest BCUT2D eigenvalue weighted by molar-refractivity contribution is -0.139. The highest BCUT2D eigenvalue weighted by Gasteiger charge is 2.05. The van der Waals surface area contributed by atoms with Crippen LogP contribution in [0.15, 0.2) is 54.7 Å². The van der Waals surface area contributed by atoms with E-state index in [0.29, 0.717) is 5.75 Å². The van der Waals surface area contributed by atoms with Crippen molar-refractivity contribution in [3.05, 3.63) is 54.7 Å². The van der Waals surface area contributed by atoms with Crippen molar-refractivity contribution in [1.82, 2.24) is 4.98 Å². The Morgan fingerprint density at radius 1 is 1.10 bits per heavy atom. The molecule has 0 fully saturated rings. The van der Waals surface area contributed by atoms with E-state index in [1.807, 2.05) is 36.5 Å². The van der Waals surface area contributed by atoms with Crippen LogP contribution in [-0.4, -0.2) is 22.7 Å². The van der Waals surface area contributed by atoms with Crippen LogP contribution in [0.2, 0.25) is 0 Å². The number of carboxylic acid groups (broad SMARTS) is 1. The average molecular weight is 267 g/mol. The van der Waals surface area contributed by atoms with Gasteiger partial charge < -0.3 is 14.8 Å². The Morgan fingerprint density at radius 2 is 1.90 bits per heavy atom. The van der Waals surface area contributed by atoms with Crippen LogP contribution in [0.25, 0.3) is 22.0 Å². The number of aromatic amines is 1. The van der Waals surface area contributed by atoms with E-state index in [4.69, 9.17) is 9.84 Å². The zero-order valence-electron chi connectivity index (χ0n) is 10.7. The summed E-state index contributed by atoms with van der Waals surface area (Å²) in [5, 5.41) is 9.73. The number of carboxylic acids is 1. The number of benzene rings is 2. The van der Waals surface area contributed by atoms with E-state index in [0.717, 1.165) is 22.0 Å². The number of H-pyrrole nitrogens is 1. The quantitative estimate of drug-likeness (QED) is 0.762. The van der Waals surface area contributed by atoms with Crippen LogP contribution in [0.1, 0.15) is 0 Å². The van der Waals surface area contributed by atoms with Crippen LogP contribution < -0.4 is 4.74 Å². The first-order valence-electron chi connectivity index (χ1n) is 6.25. The first-order valence-corrected chi connectivity index (χ1v) is 6.25.